The highest BCUT2D eigenvalue weighted by Crippen LogP contribution is 2.42. The highest BCUT2D eigenvalue weighted by molar-refractivity contribution is 5.96. The van der Waals surface area contributed by atoms with Gasteiger partial charge in [0, 0.05) is 11.5 Å². The Morgan fingerprint density at radius 3 is 2.60 bits per heavy atom. The maximum Gasteiger partial charge on any atom is 0.273 e. The lowest BCUT2D eigenvalue weighted by atomic mass is 9.82. The van der Waals surface area contributed by atoms with Gasteiger partial charge in [0.05, 0.1) is 16.7 Å². The van der Waals surface area contributed by atoms with Crippen molar-refractivity contribution >= 4 is 17.3 Å². The quantitative estimate of drug-likeness (QED) is 0.502. The van der Waals surface area contributed by atoms with Crippen LogP contribution >= 0.6 is 0 Å². The molecule has 1 aromatic rings. The third-order valence-electron chi connectivity index (χ3n) is 4.16. The van der Waals surface area contributed by atoms with Crippen molar-refractivity contribution in [3.8, 4) is 5.75 Å². The summed E-state index contributed by atoms with van der Waals surface area (Å²) in [6.45, 7) is 1.99. The number of phenols is 1. The minimum atomic E-state index is -0.587. The summed E-state index contributed by atoms with van der Waals surface area (Å²) >= 11 is 0. The second-order valence-electron chi connectivity index (χ2n) is 5.25. The number of carbonyl (C=O) groups excluding carboxylic acids is 1. The van der Waals surface area contributed by atoms with E-state index in [4.69, 9.17) is 0 Å². The van der Waals surface area contributed by atoms with E-state index in [-0.39, 0.29) is 28.4 Å². The summed E-state index contributed by atoms with van der Waals surface area (Å²) in [5, 5.41) is 23.1. The first-order valence-corrected chi connectivity index (χ1v) is 6.77. The molecule has 0 bridgehead atoms. The first-order valence-electron chi connectivity index (χ1n) is 6.77. The summed E-state index contributed by atoms with van der Waals surface area (Å²) in [5.74, 6) is -0.390. The number of nitrogens with zero attached hydrogens (tertiary/aromatic N) is 1. The highest BCUT2D eigenvalue weighted by Gasteiger charge is 2.39. The molecule has 0 saturated heterocycles. The van der Waals surface area contributed by atoms with E-state index in [2.05, 4.69) is 5.32 Å². The van der Waals surface area contributed by atoms with E-state index >= 15 is 0 Å². The molecule has 0 atom stereocenters. The van der Waals surface area contributed by atoms with E-state index in [9.17, 15) is 20.0 Å². The van der Waals surface area contributed by atoms with Crippen molar-refractivity contribution in [2.45, 2.75) is 39.0 Å². The van der Waals surface area contributed by atoms with Crippen LogP contribution in [0, 0.1) is 15.5 Å². The van der Waals surface area contributed by atoms with Crippen LogP contribution in [-0.2, 0) is 4.79 Å². The molecule has 2 rings (SSSR count). The van der Waals surface area contributed by atoms with Gasteiger partial charge in [0.15, 0.2) is 0 Å². The fraction of sp³-hybridized carbons (Fsp3) is 0.500. The number of rotatable bonds is 4. The zero-order chi connectivity index (χ0) is 14.8. The van der Waals surface area contributed by atoms with Crippen molar-refractivity contribution in [2.24, 2.45) is 5.41 Å². The Morgan fingerprint density at radius 2 is 2.10 bits per heavy atom. The Kier molecular flexibility index (Phi) is 3.92. The standard InChI is InChI=1S/C14H18N2O4/c1-2-14(7-3-4-8-14)13(18)15-11-6-5-10(16(19)20)9-12(11)17/h5-6,9,17H,2-4,7-8H2,1H3,(H,15,18). The van der Waals surface area contributed by atoms with Gasteiger partial charge < -0.3 is 10.4 Å². The van der Waals surface area contributed by atoms with Crippen LogP contribution in [0.3, 0.4) is 0 Å². The zero-order valence-corrected chi connectivity index (χ0v) is 11.4. The van der Waals surface area contributed by atoms with E-state index in [0.29, 0.717) is 0 Å². The largest absolute Gasteiger partial charge is 0.506 e. The van der Waals surface area contributed by atoms with E-state index < -0.39 is 4.92 Å². The van der Waals surface area contributed by atoms with Gasteiger partial charge in [-0.15, -0.1) is 0 Å². The Balaban J connectivity index is 2.17. The van der Waals surface area contributed by atoms with Gasteiger partial charge in [-0.3, -0.25) is 14.9 Å². The number of amides is 1. The van der Waals surface area contributed by atoms with Crippen molar-refractivity contribution < 1.29 is 14.8 Å². The number of anilines is 1. The van der Waals surface area contributed by atoms with Crippen molar-refractivity contribution in [1.29, 1.82) is 0 Å². The second-order valence-corrected chi connectivity index (χ2v) is 5.25. The Morgan fingerprint density at radius 1 is 1.45 bits per heavy atom. The van der Waals surface area contributed by atoms with Crippen LogP contribution in [0.2, 0.25) is 0 Å². The van der Waals surface area contributed by atoms with Gasteiger partial charge in [-0.05, 0) is 25.3 Å². The Hall–Kier alpha value is -2.11. The van der Waals surface area contributed by atoms with Gasteiger partial charge in [0.1, 0.15) is 5.75 Å². The lowest BCUT2D eigenvalue weighted by Crippen LogP contribution is -2.33. The topological polar surface area (TPSA) is 92.5 Å². The minimum Gasteiger partial charge on any atom is -0.506 e. The monoisotopic (exact) mass is 278 g/mol. The van der Waals surface area contributed by atoms with Gasteiger partial charge in [0.2, 0.25) is 5.91 Å². The lowest BCUT2D eigenvalue weighted by molar-refractivity contribution is -0.384. The van der Waals surface area contributed by atoms with Crippen molar-refractivity contribution in [3.05, 3.63) is 28.3 Å². The first kappa shape index (κ1) is 14.3. The predicted octanol–water partition coefficient (Wildman–Crippen LogP) is 3.21. The molecule has 6 nitrogen and oxygen atoms in total. The number of hydrogen-bond donors (Lipinski definition) is 2. The van der Waals surface area contributed by atoms with Crippen LogP contribution in [0.15, 0.2) is 18.2 Å². The average Bonchev–Trinajstić information content (AvgIpc) is 2.90. The van der Waals surface area contributed by atoms with E-state index in [1.165, 1.54) is 12.1 Å². The third-order valence-corrected chi connectivity index (χ3v) is 4.16. The molecule has 1 aromatic carbocycles. The van der Waals surface area contributed by atoms with Gasteiger partial charge in [-0.25, -0.2) is 0 Å². The van der Waals surface area contributed by atoms with Crippen molar-refractivity contribution in [2.75, 3.05) is 5.32 Å². The minimum absolute atomic E-state index is 0.110. The van der Waals surface area contributed by atoms with Crippen LogP contribution in [0.25, 0.3) is 0 Å². The number of nitro benzene ring substituents is 1. The summed E-state index contributed by atoms with van der Waals surface area (Å²) in [6.07, 6.45) is 4.53. The van der Waals surface area contributed by atoms with E-state index in [1.54, 1.807) is 0 Å². The van der Waals surface area contributed by atoms with E-state index in [1.807, 2.05) is 6.92 Å². The first-order chi connectivity index (χ1) is 9.48. The molecular formula is C14H18N2O4. The van der Waals surface area contributed by atoms with Crippen molar-refractivity contribution in [1.82, 2.24) is 0 Å². The van der Waals surface area contributed by atoms with Gasteiger partial charge in [-0.1, -0.05) is 19.8 Å². The average molecular weight is 278 g/mol. The molecule has 108 valence electrons. The fourth-order valence-electron chi connectivity index (χ4n) is 2.79. The summed E-state index contributed by atoms with van der Waals surface area (Å²) in [7, 11) is 0. The molecule has 2 N–H and O–H groups in total. The molecule has 1 aliphatic carbocycles. The molecule has 1 fully saturated rings. The molecule has 0 spiro atoms. The molecule has 1 amide bonds. The number of carbonyl (C=O) groups is 1. The SMILES string of the molecule is CCC1(C(=O)Nc2ccc([N+](=O)[O-])cc2O)CCCC1. The van der Waals surface area contributed by atoms with Crippen LogP contribution < -0.4 is 5.32 Å². The van der Waals surface area contributed by atoms with E-state index in [0.717, 1.165) is 38.2 Å². The molecule has 6 heteroatoms. The Bertz CT molecular complexity index is 536. The number of hydrogen-bond acceptors (Lipinski definition) is 4. The highest BCUT2D eigenvalue weighted by atomic mass is 16.6. The zero-order valence-electron chi connectivity index (χ0n) is 11.4. The summed E-state index contributed by atoms with van der Waals surface area (Å²) in [5.41, 5.74) is -0.347. The molecular weight excluding hydrogens is 260 g/mol. The molecule has 0 heterocycles. The molecule has 0 unspecified atom stereocenters. The molecule has 0 aromatic heterocycles. The normalized spacial score (nSPS) is 16.9. The third kappa shape index (κ3) is 2.59. The molecule has 0 radical (unpaired) electrons. The maximum atomic E-state index is 12.4. The fourth-order valence-corrected chi connectivity index (χ4v) is 2.79. The predicted molar refractivity (Wildman–Crippen MR) is 74.6 cm³/mol. The number of nitrogens with one attached hydrogen (secondary N) is 1. The number of aromatic hydroxyl groups is 1. The molecule has 20 heavy (non-hydrogen) atoms. The number of non-ortho nitro benzene ring substituents is 1. The van der Waals surface area contributed by atoms with Gasteiger partial charge in [-0.2, -0.15) is 0 Å². The molecule has 1 saturated carbocycles. The summed E-state index contributed by atoms with van der Waals surface area (Å²) < 4.78 is 0. The summed E-state index contributed by atoms with van der Waals surface area (Å²) in [4.78, 5) is 22.4. The maximum absolute atomic E-state index is 12.4. The number of phenolic OH excluding ortho intramolecular Hbond substituents is 1. The van der Waals surface area contributed by atoms with Gasteiger partial charge in [0.25, 0.3) is 5.69 Å². The van der Waals surface area contributed by atoms with Gasteiger partial charge >= 0.3 is 0 Å². The Labute approximate surface area is 117 Å². The van der Waals surface area contributed by atoms with Crippen LogP contribution in [0.5, 0.6) is 5.75 Å². The second kappa shape index (κ2) is 5.48. The number of nitro groups is 1. The van der Waals surface area contributed by atoms with Crippen LogP contribution in [0.4, 0.5) is 11.4 Å². The molecule has 0 aliphatic heterocycles. The van der Waals surface area contributed by atoms with Crippen LogP contribution in [-0.4, -0.2) is 15.9 Å². The smallest absolute Gasteiger partial charge is 0.273 e. The number of benzene rings is 1. The summed E-state index contributed by atoms with van der Waals surface area (Å²) in [6, 6.07) is 3.68. The lowest BCUT2D eigenvalue weighted by Gasteiger charge is -2.26. The molecule has 1 aliphatic rings. The van der Waals surface area contributed by atoms with Crippen LogP contribution in [0.1, 0.15) is 39.0 Å². The van der Waals surface area contributed by atoms with Crippen molar-refractivity contribution in [3.63, 3.8) is 0 Å².